The molecule has 0 aromatic rings. The molecule has 0 amide bonds. The van der Waals surface area contributed by atoms with Crippen molar-refractivity contribution in [2.75, 3.05) is 26.4 Å². The number of carbonyl (C=O) groups excluding carboxylic acids is 1. The summed E-state index contributed by atoms with van der Waals surface area (Å²) in [4.78, 5) is 12.9. The molecule has 0 aromatic carbocycles. The van der Waals surface area contributed by atoms with E-state index in [0.29, 0.717) is 13.0 Å². The van der Waals surface area contributed by atoms with E-state index in [1.807, 2.05) is 0 Å². The monoisotopic (exact) mass is 935 g/mol. The van der Waals surface area contributed by atoms with Crippen LogP contribution in [0.15, 0.2) is 36.5 Å². The first kappa shape index (κ1) is 62.4. The van der Waals surface area contributed by atoms with Crippen LogP contribution in [0.4, 0.5) is 0 Å². The average Bonchev–Trinajstić information content (AvgIpc) is 3.32. The maximum Gasteiger partial charge on any atom is 0.306 e. The highest BCUT2D eigenvalue weighted by Crippen LogP contribution is 2.23. The van der Waals surface area contributed by atoms with Gasteiger partial charge in [0.2, 0.25) is 0 Å². The minimum absolute atomic E-state index is 0.112. The minimum Gasteiger partial charge on any atom is -0.457 e. The molecule has 0 spiro atoms. The normalized spacial score (nSPS) is 19.5. The number of unbranched alkanes of at least 4 members (excludes halogenated alkanes) is 32. The van der Waals surface area contributed by atoms with Gasteiger partial charge in [-0.2, -0.15) is 0 Å². The first-order valence-electron chi connectivity index (χ1n) is 28.1. The third-order valence-electron chi connectivity index (χ3n) is 13.1. The van der Waals surface area contributed by atoms with E-state index in [9.17, 15) is 25.2 Å². The quantitative estimate of drug-likeness (QED) is 0.0267. The predicted octanol–water partition coefficient (Wildman–Crippen LogP) is 14.3. The van der Waals surface area contributed by atoms with E-state index >= 15 is 0 Å². The zero-order chi connectivity index (χ0) is 47.8. The highest BCUT2D eigenvalue weighted by Gasteiger charge is 2.44. The van der Waals surface area contributed by atoms with Crippen LogP contribution in [0, 0.1) is 0 Å². The van der Waals surface area contributed by atoms with E-state index in [0.717, 1.165) is 44.9 Å². The molecular weight excluding hydrogens is 829 g/mol. The molecule has 4 N–H and O–H groups in total. The Morgan fingerprint density at radius 3 is 1.32 bits per heavy atom. The van der Waals surface area contributed by atoms with Crippen molar-refractivity contribution in [3.63, 3.8) is 0 Å². The van der Waals surface area contributed by atoms with Gasteiger partial charge in [-0.15, -0.1) is 0 Å². The smallest absolute Gasteiger partial charge is 0.306 e. The van der Waals surface area contributed by atoms with Crippen molar-refractivity contribution in [2.24, 2.45) is 0 Å². The van der Waals surface area contributed by atoms with Crippen LogP contribution in [-0.2, 0) is 23.7 Å². The van der Waals surface area contributed by atoms with Crippen molar-refractivity contribution in [3.8, 4) is 0 Å². The van der Waals surface area contributed by atoms with E-state index in [1.54, 1.807) is 0 Å². The van der Waals surface area contributed by atoms with Crippen LogP contribution in [0.3, 0.4) is 0 Å². The summed E-state index contributed by atoms with van der Waals surface area (Å²) < 4.78 is 23.0. The lowest BCUT2D eigenvalue weighted by molar-refractivity contribution is -0.305. The fourth-order valence-electron chi connectivity index (χ4n) is 8.68. The summed E-state index contributed by atoms with van der Waals surface area (Å²) >= 11 is 0. The van der Waals surface area contributed by atoms with Crippen LogP contribution in [-0.4, -0.2) is 89.6 Å². The Morgan fingerprint density at radius 1 is 0.485 bits per heavy atom. The van der Waals surface area contributed by atoms with Crippen molar-refractivity contribution in [3.05, 3.63) is 36.5 Å². The molecule has 6 atom stereocenters. The summed E-state index contributed by atoms with van der Waals surface area (Å²) in [5, 5.41) is 40.3. The van der Waals surface area contributed by atoms with Crippen LogP contribution in [0.5, 0.6) is 0 Å². The molecule has 0 radical (unpaired) electrons. The second kappa shape index (κ2) is 48.4. The van der Waals surface area contributed by atoms with E-state index in [-0.39, 0.29) is 19.2 Å². The molecule has 6 unspecified atom stereocenters. The average molecular weight is 935 g/mol. The largest absolute Gasteiger partial charge is 0.457 e. The minimum atomic E-state index is -1.54. The van der Waals surface area contributed by atoms with Crippen molar-refractivity contribution in [2.45, 2.75) is 295 Å². The van der Waals surface area contributed by atoms with Crippen LogP contribution < -0.4 is 0 Å². The third-order valence-corrected chi connectivity index (χ3v) is 13.1. The summed E-state index contributed by atoms with van der Waals surface area (Å²) in [6.07, 6.45) is 53.2. The van der Waals surface area contributed by atoms with Crippen LogP contribution in [0.1, 0.15) is 258 Å². The highest BCUT2D eigenvalue weighted by molar-refractivity contribution is 5.69. The SMILES string of the molecule is CCCCCCC/C=C\C/C=C\C/C=C\CCCCCCCCCCCCC(=O)OC(COCCCCCCCCCCCCCCCCCCCC)COC1OC(CO)C(O)C(O)C1O. The Morgan fingerprint density at radius 2 is 0.879 bits per heavy atom. The fourth-order valence-corrected chi connectivity index (χ4v) is 8.68. The van der Waals surface area contributed by atoms with Gasteiger partial charge in [0, 0.05) is 13.0 Å². The number of carbonyl (C=O) groups is 1. The molecule has 0 aromatic heterocycles. The highest BCUT2D eigenvalue weighted by atomic mass is 16.7. The van der Waals surface area contributed by atoms with Gasteiger partial charge in [0.15, 0.2) is 6.29 Å². The van der Waals surface area contributed by atoms with Gasteiger partial charge in [0.05, 0.1) is 19.8 Å². The van der Waals surface area contributed by atoms with Gasteiger partial charge in [-0.05, 0) is 51.4 Å². The molecule has 0 saturated carbocycles. The zero-order valence-electron chi connectivity index (χ0n) is 43.0. The molecule has 388 valence electrons. The van der Waals surface area contributed by atoms with Crippen molar-refractivity contribution < 1.29 is 44.2 Å². The lowest BCUT2D eigenvalue weighted by Crippen LogP contribution is -2.59. The van der Waals surface area contributed by atoms with Crippen LogP contribution in [0.25, 0.3) is 0 Å². The molecule has 0 aliphatic carbocycles. The molecule has 0 bridgehead atoms. The molecular formula is C57H106O9. The number of ether oxygens (including phenoxy) is 4. The second-order valence-corrected chi connectivity index (χ2v) is 19.4. The molecule has 1 aliphatic heterocycles. The summed E-state index contributed by atoms with van der Waals surface area (Å²) in [7, 11) is 0. The second-order valence-electron chi connectivity index (χ2n) is 19.4. The van der Waals surface area contributed by atoms with Crippen molar-refractivity contribution in [1.29, 1.82) is 0 Å². The Bertz CT molecular complexity index is 1110. The summed E-state index contributed by atoms with van der Waals surface area (Å²) in [5.41, 5.74) is 0. The lowest BCUT2D eigenvalue weighted by Gasteiger charge is -2.39. The number of aliphatic hydroxyl groups excluding tert-OH is 4. The Balaban J connectivity index is 2.16. The van der Waals surface area contributed by atoms with Gasteiger partial charge in [-0.25, -0.2) is 0 Å². The number of aliphatic hydroxyl groups is 4. The number of allylic oxidation sites excluding steroid dienone is 6. The van der Waals surface area contributed by atoms with Crippen molar-refractivity contribution >= 4 is 5.97 Å². The first-order chi connectivity index (χ1) is 32.4. The van der Waals surface area contributed by atoms with Gasteiger partial charge in [0.25, 0.3) is 0 Å². The first-order valence-corrected chi connectivity index (χ1v) is 28.1. The summed E-state index contributed by atoms with van der Waals surface area (Å²) in [6.45, 7) is 4.59. The standard InChI is InChI=1S/C57H106O9/c1-3-5-7-9-11-13-15-17-19-21-23-24-25-26-27-28-29-30-32-34-36-38-40-42-44-46-53(59)65-51(50-64-57-56(62)55(61)54(60)52(48-58)66-57)49-63-47-45-43-41-39-37-35-33-31-22-20-18-16-14-12-10-8-6-4-2/h15,17,21,23,25-26,51-52,54-58,60-62H,3-14,16,18-20,22,24,27-50H2,1-2H3/b17-15-,23-21-,26-25-. The van der Waals surface area contributed by atoms with Gasteiger partial charge in [0.1, 0.15) is 30.5 Å². The number of hydrogen-bond donors (Lipinski definition) is 4. The Labute approximate surface area is 406 Å². The Hall–Kier alpha value is -1.59. The third kappa shape index (κ3) is 38.3. The molecule has 1 aliphatic rings. The molecule has 1 rings (SSSR count). The van der Waals surface area contributed by atoms with E-state index in [1.165, 1.54) is 193 Å². The fraction of sp³-hybridized carbons (Fsp3) is 0.877. The molecule has 1 fully saturated rings. The van der Waals surface area contributed by atoms with Crippen molar-refractivity contribution in [1.82, 2.24) is 0 Å². The molecule has 1 heterocycles. The topological polar surface area (TPSA) is 135 Å². The van der Waals surface area contributed by atoms with Gasteiger partial charge in [-0.1, -0.05) is 237 Å². The van der Waals surface area contributed by atoms with Crippen LogP contribution in [0.2, 0.25) is 0 Å². The maximum absolute atomic E-state index is 12.9. The van der Waals surface area contributed by atoms with E-state index < -0.39 is 43.4 Å². The van der Waals surface area contributed by atoms with Gasteiger partial charge < -0.3 is 39.4 Å². The Kier molecular flexibility index (Phi) is 45.8. The van der Waals surface area contributed by atoms with E-state index in [4.69, 9.17) is 18.9 Å². The molecule has 1 saturated heterocycles. The summed E-state index contributed by atoms with van der Waals surface area (Å²) in [5.74, 6) is -0.313. The van der Waals surface area contributed by atoms with Gasteiger partial charge >= 0.3 is 5.97 Å². The van der Waals surface area contributed by atoms with Crippen LogP contribution >= 0.6 is 0 Å². The predicted molar refractivity (Wildman–Crippen MR) is 275 cm³/mol. The molecule has 9 heteroatoms. The number of hydrogen-bond acceptors (Lipinski definition) is 9. The number of esters is 1. The molecule has 66 heavy (non-hydrogen) atoms. The molecule has 9 nitrogen and oxygen atoms in total. The maximum atomic E-state index is 12.9. The lowest BCUT2D eigenvalue weighted by atomic mass is 9.99. The number of rotatable bonds is 49. The van der Waals surface area contributed by atoms with Gasteiger partial charge in [-0.3, -0.25) is 4.79 Å². The zero-order valence-corrected chi connectivity index (χ0v) is 43.0. The van der Waals surface area contributed by atoms with E-state index in [2.05, 4.69) is 50.3 Å². The summed E-state index contributed by atoms with van der Waals surface area (Å²) in [6, 6.07) is 0.